The molecule has 6 nitrogen and oxygen atoms in total. The van der Waals surface area contributed by atoms with Gasteiger partial charge in [-0.3, -0.25) is 0 Å². The molecule has 0 radical (unpaired) electrons. The second kappa shape index (κ2) is 9.15. The first kappa shape index (κ1) is 22.3. The summed E-state index contributed by atoms with van der Waals surface area (Å²) in [6, 6.07) is 23.3. The van der Waals surface area contributed by atoms with Crippen LogP contribution in [0.25, 0.3) is 21.5 Å². The number of anilines is 2. The Morgan fingerprint density at radius 3 is 1.29 bits per heavy atom. The van der Waals surface area contributed by atoms with E-state index in [2.05, 4.69) is 20.4 Å². The zero-order chi connectivity index (χ0) is 23.8. The van der Waals surface area contributed by atoms with Crippen molar-refractivity contribution in [3.63, 3.8) is 0 Å². The number of benzene rings is 4. The lowest BCUT2D eigenvalue weighted by molar-refractivity contribution is 0.589. The van der Waals surface area contributed by atoms with Crippen LogP contribution in [-0.2, 0) is 9.84 Å². The summed E-state index contributed by atoms with van der Waals surface area (Å²) in [5.41, 5.74) is 2.19. The normalized spacial score (nSPS) is 17.3. The SMILES string of the molecule is O=S(=O)(c1ccc(N2CCNCC2)c2ccccc12)c1ccc(N2CCNCC2)c2ccccc12. The molecule has 2 aliphatic heterocycles. The number of fused-ring (bicyclic) bond motifs is 2. The van der Waals surface area contributed by atoms with Gasteiger partial charge in [-0.1, -0.05) is 48.5 Å². The summed E-state index contributed by atoms with van der Waals surface area (Å²) in [4.78, 5) is 5.42. The van der Waals surface area contributed by atoms with Gasteiger partial charge in [-0.15, -0.1) is 0 Å². The van der Waals surface area contributed by atoms with E-state index in [1.807, 2.05) is 60.7 Å². The van der Waals surface area contributed by atoms with Gasteiger partial charge < -0.3 is 20.4 Å². The first-order valence-corrected chi connectivity index (χ1v) is 13.8. The fourth-order valence-corrected chi connectivity index (χ4v) is 7.13. The Hall–Kier alpha value is -3.13. The molecule has 35 heavy (non-hydrogen) atoms. The third kappa shape index (κ3) is 3.93. The second-order valence-corrected chi connectivity index (χ2v) is 11.1. The summed E-state index contributed by atoms with van der Waals surface area (Å²) in [5.74, 6) is 0. The maximum Gasteiger partial charge on any atom is 0.207 e. The molecule has 4 aromatic rings. The largest absolute Gasteiger partial charge is 0.368 e. The van der Waals surface area contributed by atoms with E-state index in [1.165, 1.54) is 0 Å². The molecule has 0 aliphatic carbocycles. The second-order valence-electron chi connectivity index (χ2n) is 9.23. The topological polar surface area (TPSA) is 64.7 Å². The molecule has 2 N–H and O–H groups in total. The summed E-state index contributed by atoms with van der Waals surface area (Å²) < 4.78 is 28.4. The fraction of sp³-hybridized carbons (Fsp3) is 0.286. The Balaban J connectivity index is 1.50. The van der Waals surface area contributed by atoms with Crippen molar-refractivity contribution < 1.29 is 8.42 Å². The zero-order valence-corrected chi connectivity index (χ0v) is 20.5. The van der Waals surface area contributed by atoms with Crippen molar-refractivity contribution in [1.82, 2.24) is 10.6 Å². The van der Waals surface area contributed by atoms with Crippen LogP contribution in [0, 0.1) is 0 Å². The summed E-state index contributed by atoms with van der Waals surface area (Å²) in [6.45, 7) is 7.37. The first-order chi connectivity index (χ1) is 17.1. The average molecular weight is 487 g/mol. The van der Waals surface area contributed by atoms with Gasteiger partial charge in [0.25, 0.3) is 0 Å². The van der Waals surface area contributed by atoms with Gasteiger partial charge in [-0.05, 0) is 24.3 Å². The van der Waals surface area contributed by atoms with E-state index in [-0.39, 0.29) is 0 Å². The Morgan fingerprint density at radius 2 is 0.886 bits per heavy atom. The number of rotatable bonds is 4. The Kier molecular flexibility index (Phi) is 5.84. The van der Waals surface area contributed by atoms with E-state index in [1.54, 1.807) is 12.1 Å². The molecule has 0 aromatic heterocycles. The minimum atomic E-state index is -3.75. The highest BCUT2D eigenvalue weighted by molar-refractivity contribution is 7.92. The molecule has 0 saturated carbocycles. The van der Waals surface area contributed by atoms with Crippen molar-refractivity contribution in [2.24, 2.45) is 0 Å². The molecule has 7 heteroatoms. The summed E-state index contributed by atoms with van der Waals surface area (Å²) in [5, 5.41) is 10.3. The molecule has 0 atom stereocenters. The number of nitrogens with one attached hydrogen (secondary N) is 2. The van der Waals surface area contributed by atoms with Gasteiger partial charge in [0.15, 0.2) is 0 Å². The van der Waals surface area contributed by atoms with E-state index in [4.69, 9.17) is 0 Å². The zero-order valence-electron chi connectivity index (χ0n) is 19.7. The molecule has 4 aromatic carbocycles. The van der Waals surface area contributed by atoms with Crippen molar-refractivity contribution in [3.8, 4) is 0 Å². The summed E-state index contributed by atoms with van der Waals surface area (Å²) in [7, 11) is -3.75. The number of piperazine rings is 2. The van der Waals surface area contributed by atoms with E-state index in [9.17, 15) is 8.42 Å². The molecule has 0 amide bonds. The molecule has 2 fully saturated rings. The highest BCUT2D eigenvalue weighted by Gasteiger charge is 2.26. The predicted octanol–water partition coefficient (Wildman–Crippen LogP) is 3.65. The van der Waals surface area contributed by atoms with Crippen LogP contribution >= 0.6 is 0 Å². The van der Waals surface area contributed by atoms with E-state index in [0.29, 0.717) is 9.79 Å². The number of hydrogen-bond acceptors (Lipinski definition) is 6. The Bertz CT molecular complexity index is 1380. The van der Waals surface area contributed by atoms with Crippen molar-refractivity contribution >= 4 is 42.8 Å². The Labute approximate surface area is 206 Å². The van der Waals surface area contributed by atoms with Gasteiger partial charge in [0.2, 0.25) is 9.84 Å². The third-order valence-electron chi connectivity index (χ3n) is 7.22. The summed E-state index contributed by atoms with van der Waals surface area (Å²) >= 11 is 0. The van der Waals surface area contributed by atoms with Gasteiger partial charge in [-0.25, -0.2) is 8.42 Å². The minimum Gasteiger partial charge on any atom is -0.368 e. The van der Waals surface area contributed by atoms with Crippen LogP contribution in [0.2, 0.25) is 0 Å². The standard InChI is InChI=1S/C28H30N4O2S/c33-35(34,27-11-9-25(31-17-13-29-14-18-31)21-5-1-3-7-23(21)27)28-12-10-26(32-19-15-30-16-20-32)22-6-2-4-8-24(22)28/h1-12,29-30H,13-20H2. The highest BCUT2D eigenvalue weighted by atomic mass is 32.2. The van der Waals surface area contributed by atoms with Crippen molar-refractivity contribution in [2.45, 2.75) is 9.79 Å². The van der Waals surface area contributed by atoms with Crippen LogP contribution in [0.4, 0.5) is 11.4 Å². The van der Waals surface area contributed by atoms with Crippen LogP contribution in [0.3, 0.4) is 0 Å². The maximum atomic E-state index is 14.2. The maximum absolute atomic E-state index is 14.2. The highest BCUT2D eigenvalue weighted by Crippen LogP contribution is 2.38. The number of nitrogens with zero attached hydrogens (tertiary/aromatic N) is 2. The molecule has 6 rings (SSSR count). The number of sulfone groups is 1. The van der Waals surface area contributed by atoms with Crippen molar-refractivity contribution in [3.05, 3.63) is 72.8 Å². The molecule has 0 bridgehead atoms. The molecule has 2 heterocycles. The van der Waals surface area contributed by atoms with Crippen LogP contribution in [0.1, 0.15) is 0 Å². The predicted molar refractivity (Wildman–Crippen MR) is 144 cm³/mol. The van der Waals surface area contributed by atoms with Crippen LogP contribution in [-0.4, -0.2) is 60.8 Å². The van der Waals surface area contributed by atoms with Gasteiger partial charge in [0, 0.05) is 85.3 Å². The number of hydrogen-bond donors (Lipinski definition) is 2. The van der Waals surface area contributed by atoms with E-state index in [0.717, 1.165) is 85.3 Å². The third-order valence-corrected chi connectivity index (χ3v) is 9.09. The van der Waals surface area contributed by atoms with Crippen molar-refractivity contribution in [1.29, 1.82) is 0 Å². The van der Waals surface area contributed by atoms with Gasteiger partial charge in [0.05, 0.1) is 9.79 Å². The summed E-state index contributed by atoms with van der Waals surface area (Å²) in [6.07, 6.45) is 0. The molecule has 180 valence electrons. The van der Waals surface area contributed by atoms with Crippen LogP contribution in [0.15, 0.2) is 82.6 Å². The molecule has 0 unspecified atom stereocenters. The van der Waals surface area contributed by atoms with Gasteiger partial charge >= 0.3 is 0 Å². The Morgan fingerprint density at radius 1 is 0.514 bits per heavy atom. The molecule has 0 spiro atoms. The van der Waals surface area contributed by atoms with Crippen LogP contribution in [0.5, 0.6) is 0 Å². The van der Waals surface area contributed by atoms with E-state index >= 15 is 0 Å². The molecular formula is C28H30N4O2S. The van der Waals surface area contributed by atoms with E-state index < -0.39 is 9.84 Å². The average Bonchev–Trinajstić information content (AvgIpc) is 2.92. The quantitative estimate of drug-likeness (QED) is 0.459. The minimum absolute atomic E-state index is 0.368. The van der Waals surface area contributed by atoms with Gasteiger partial charge in [0.1, 0.15) is 0 Å². The lowest BCUT2D eigenvalue weighted by Crippen LogP contribution is -2.43. The monoisotopic (exact) mass is 486 g/mol. The van der Waals surface area contributed by atoms with Crippen molar-refractivity contribution in [2.75, 3.05) is 62.2 Å². The lowest BCUT2D eigenvalue weighted by Gasteiger charge is -2.31. The molecule has 2 saturated heterocycles. The smallest absolute Gasteiger partial charge is 0.207 e. The molecule has 2 aliphatic rings. The first-order valence-electron chi connectivity index (χ1n) is 12.3. The van der Waals surface area contributed by atoms with Crippen LogP contribution < -0.4 is 20.4 Å². The lowest BCUT2D eigenvalue weighted by atomic mass is 10.1. The fourth-order valence-electron chi connectivity index (χ4n) is 5.46. The molecular weight excluding hydrogens is 456 g/mol. The van der Waals surface area contributed by atoms with Gasteiger partial charge in [-0.2, -0.15) is 0 Å².